The molecule has 0 bridgehead atoms. The SMILES string of the molecule is C[C@@H](NC(=O)/C=C/c1ccccc1F)C(=O)Nc1ccc(Cl)cc1. The lowest BCUT2D eigenvalue weighted by Gasteiger charge is -2.13. The van der Waals surface area contributed by atoms with Crippen LogP contribution < -0.4 is 10.6 Å². The molecule has 4 nitrogen and oxygen atoms in total. The van der Waals surface area contributed by atoms with Crippen LogP contribution in [-0.2, 0) is 9.59 Å². The van der Waals surface area contributed by atoms with Crippen molar-refractivity contribution in [2.45, 2.75) is 13.0 Å². The van der Waals surface area contributed by atoms with Crippen LogP contribution in [0.15, 0.2) is 54.6 Å². The summed E-state index contributed by atoms with van der Waals surface area (Å²) in [4.78, 5) is 23.8. The maximum atomic E-state index is 13.4. The lowest BCUT2D eigenvalue weighted by Crippen LogP contribution is -2.40. The van der Waals surface area contributed by atoms with Gasteiger partial charge in [-0.3, -0.25) is 9.59 Å². The summed E-state index contributed by atoms with van der Waals surface area (Å²) in [7, 11) is 0. The zero-order valence-electron chi connectivity index (χ0n) is 12.9. The zero-order valence-corrected chi connectivity index (χ0v) is 13.7. The molecule has 0 unspecified atom stereocenters. The third-order valence-electron chi connectivity index (χ3n) is 3.18. The molecular formula is C18H16ClFN2O2. The molecule has 24 heavy (non-hydrogen) atoms. The van der Waals surface area contributed by atoms with Gasteiger partial charge in [-0.1, -0.05) is 29.8 Å². The molecule has 0 saturated heterocycles. The lowest BCUT2D eigenvalue weighted by molar-refractivity contribution is -0.123. The summed E-state index contributed by atoms with van der Waals surface area (Å²) in [6, 6.07) is 12.0. The topological polar surface area (TPSA) is 58.2 Å². The quantitative estimate of drug-likeness (QED) is 0.812. The van der Waals surface area contributed by atoms with Crippen LogP contribution in [0.4, 0.5) is 10.1 Å². The number of benzene rings is 2. The van der Waals surface area contributed by atoms with Crippen molar-refractivity contribution >= 4 is 35.2 Å². The Kier molecular flexibility index (Phi) is 6.09. The van der Waals surface area contributed by atoms with Crippen LogP contribution in [0.25, 0.3) is 6.08 Å². The van der Waals surface area contributed by atoms with Crippen LogP contribution in [0.5, 0.6) is 0 Å². The Bertz CT molecular complexity index is 760. The minimum Gasteiger partial charge on any atom is -0.341 e. The lowest BCUT2D eigenvalue weighted by atomic mass is 10.2. The highest BCUT2D eigenvalue weighted by atomic mass is 35.5. The number of halogens is 2. The van der Waals surface area contributed by atoms with Gasteiger partial charge >= 0.3 is 0 Å². The van der Waals surface area contributed by atoms with Gasteiger partial charge in [-0.05, 0) is 43.3 Å². The molecule has 0 aromatic heterocycles. The van der Waals surface area contributed by atoms with E-state index in [-0.39, 0.29) is 5.91 Å². The highest BCUT2D eigenvalue weighted by molar-refractivity contribution is 6.30. The van der Waals surface area contributed by atoms with Crippen LogP contribution in [0.1, 0.15) is 12.5 Å². The van der Waals surface area contributed by atoms with E-state index in [4.69, 9.17) is 11.6 Å². The molecule has 0 fully saturated rings. The number of hydrogen-bond acceptors (Lipinski definition) is 2. The number of hydrogen-bond donors (Lipinski definition) is 2. The molecule has 0 aliphatic carbocycles. The van der Waals surface area contributed by atoms with E-state index in [1.165, 1.54) is 18.2 Å². The van der Waals surface area contributed by atoms with E-state index in [0.717, 1.165) is 0 Å². The highest BCUT2D eigenvalue weighted by Crippen LogP contribution is 2.13. The van der Waals surface area contributed by atoms with Crippen molar-refractivity contribution in [2.75, 3.05) is 5.32 Å². The van der Waals surface area contributed by atoms with Gasteiger partial charge in [0.1, 0.15) is 11.9 Å². The van der Waals surface area contributed by atoms with E-state index >= 15 is 0 Å². The third-order valence-corrected chi connectivity index (χ3v) is 3.44. The fraction of sp³-hybridized carbons (Fsp3) is 0.111. The molecule has 6 heteroatoms. The summed E-state index contributed by atoms with van der Waals surface area (Å²) < 4.78 is 13.4. The fourth-order valence-corrected chi connectivity index (χ4v) is 2.01. The smallest absolute Gasteiger partial charge is 0.246 e. The number of nitrogens with one attached hydrogen (secondary N) is 2. The molecule has 2 aromatic rings. The highest BCUT2D eigenvalue weighted by Gasteiger charge is 2.14. The minimum absolute atomic E-state index is 0.297. The number of anilines is 1. The number of rotatable bonds is 5. The molecule has 2 amide bonds. The standard InChI is InChI=1S/C18H16ClFN2O2/c1-12(18(24)22-15-9-7-14(19)8-10-15)21-17(23)11-6-13-4-2-3-5-16(13)20/h2-12H,1H3,(H,21,23)(H,22,24)/b11-6+/t12-/m1/s1. The molecule has 0 aliphatic rings. The molecule has 124 valence electrons. The first-order valence-electron chi connectivity index (χ1n) is 7.25. The number of carbonyl (C=O) groups excluding carboxylic acids is 2. The molecule has 2 rings (SSSR count). The van der Waals surface area contributed by atoms with E-state index in [2.05, 4.69) is 10.6 Å². The van der Waals surface area contributed by atoms with Crippen molar-refractivity contribution in [1.82, 2.24) is 5.32 Å². The fourth-order valence-electron chi connectivity index (χ4n) is 1.89. The van der Waals surface area contributed by atoms with Crippen LogP contribution in [0, 0.1) is 5.82 Å². The number of amides is 2. The van der Waals surface area contributed by atoms with Crippen LogP contribution in [-0.4, -0.2) is 17.9 Å². The van der Waals surface area contributed by atoms with E-state index in [1.54, 1.807) is 49.4 Å². The van der Waals surface area contributed by atoms with Gasteiger partial charge < -0.3 is 10.6 Å². The Hall–Kier alpha value is -2.66. The predicted octanol–water partition coefficient (Wildman–Crippen LogP) is 3.64. The molecule has 1 atom stereocenters. The van der Waals surface area contributed by atoms with Crippen LogP contribution in [0.3, 0.4) is 0 Å². The summed E-state index contributed by atoms with van der Waals surface area (Å²) in [5.41, 5.74) is 0.873. The van der Waals surface area contributed by atoms with Crippen molar-refractivity contribution in [2.24, 2.45) is 0 Å². The zero-order chi connectivity index (χ0) is 17.5. The minimum atomic E-state index is -0.751. The van der Waals surface area contributed by atoms with E-state index in [1.807, 2.05) is 0 Å². The Labute approximate surface area is 144 Å². The van der Waals surface area contributed by atoms with Gasteiger partial charge in [0.05, 0.1) is 0 Å². The molecular weight excluding hydrogens is 331 g/mol. The summed E-state index contributed by atoms with van der Waals surface area (Å²) >= 11 is 5.77. The van der Waals surface area contributed by atoms with Crippen molar-refractivity contribution in [3.05, 3.63) is 71.0 Å². The van der Waals surface area contributed by atoms with Crippen molar-refractivity contribution in [3.63, 3.8) is 0 Å². The van der Waals surface area contributed by atoms with Crippen molar-refractivity contribution in [3.8, 4) is 0 Å². The predicted molar refractivity (Wildman–Crippen MR) is 93.1 cm³/mol. The second-order valence-corrected chi connectivity index (χ2v) is 5.52. The first kappa shape index (κ1) is 17.7. The Balaban J connectivity index is 1.90. The summed E-state index contributed by atoms with van der Waals surface area (Å²) in [5.74, 6) is -1.28. The van der Waals surface area contributed by atoms with Crippen LogP contribution >= 0.6 is 11.6 Å². The summed E-state index contributed by atoms with van der Waals surface area (Å²) in [5, 5.41) is 5.74. The summed E-state index contributed by atoms with van der Waals surface area (Å²) in [6.45, 7) is 1.56. The maximum Gasteiger partial charge on any atom is 0.246 e. The molecule has 0 saturated carbocycles. The van der Waals surface area contributed by atoms with Crippen molar-refractivity contribution < 1.29 is 14.0 Å². The molecule has 2 aromatic carbocycles. The first-order chi connectivity index (χ1) is 11.5. The van der Waals surface area contributed by atoms with E-state index < -0.39 is 17.8 Å². The summed E-state index contributed by atoms with van der Waals surface area (Å²) in [6.07, 6.45) is 2.54. The second-order valence-electron chi connectivity index (χ2n) is 5.08. The van der Waals surface area contributed by atoms with Gasteiger partial charge in [0.25, 0.3) is 0 Å². The number of carbonyl (C=O) groups is 2. The molecule has 0 heterocycles. The normalized spacial score (nSPS) is 12.0. The van der Waals surface area contributed by atoms with Gasteiger partial charge in [0, 0.05) is 22.3 Å². The monoisotopic (exact) mass is 346 g/mol. The van der Waals surface area contributed by atoms with Crippen molar-refractivity contribution in [1.29, 1.82) is 0 Å². The van der Waals surface area contributed by atoms with Gasteiger partial charge in [-0.15, -0.1) is 0 Å². The maximum absolute atomic E-state index is 13.4. The molecule has 2 N–H and O–H groups in total. The average molecular weight is 347 g/mol. The Morgan fingerprint density at radius 3 is 2.46 bits per heavy atom. The second kappa shape index (κ2) is 8.26. The first-order valence-corrected chi connectivity index (χ1v) is 7.63. The Morgan fingerprint density at radius 2 is 1.79 bits per heavy atom. The van der Waals surface area contributed by atoms with E-state index in [9.17, 15) is 14.0 Å². The van der Waals surface area contributed by atoms with Gasteiger partial charge in [0.2, 0.25) is 11.8 Å². The van der Waals surface area contributed by atoms with Crippen LogP contribution in [0.2, 0.25) is 5.02 Å². The van der Waals surface area contributed by atoms with Gasteiger partial charge in [-0.2, -0.15) is 0 Å². The largest absolute Gasteiger partial charge is 0.341 e. The van der Waals surface area contributed by atoms with E-state index in [0.29, 0.717) is 16.3 Å². The molecule has 0 aliphatic heterocycles. The van der Waals surface area contributed by atoms with Gasteiger partial charge in [-0.25, -0.2) is 4.39 Å². The third kappa shape index (κ3) is 5.21. The average Bonchev–Trinajstić information content (AvgIpc) is 2.56. The Morgan fingerprint density at radius 1 is 1.12 bits per heavy atom. The van der Waals surface area contributed by atoms with Gasteiger partial charge in [0.15, 0.2) is 0 Å². The molecule has 0 radical (unpaired) electrons. The molecule has 0 spiro atoms.